The van der Waals surface area contributed by atoms with Crippen LogP contribution in [0.5, 0.6) is 34.5 Å². The summed E-state index contributed by atoms with van der Waals surface area (Å²) in [5.74, 6) is -1.07. The van der Waals surface area contributed by atoms with Gasteiger partial charge in [0.05, 0.1) is 0 Å². The molecule has 3 aromatic rings. The molecule has 3 aromatic carbocycles. The smallest absolute Gasteiger partial charge is 0.161 e. The van der Waals surface area contributed by atoms with Crippen LogP contribution in [0.3, 0.4) is 0 Å². The van der Waals surface area contributed by atoms with Gasteiger partial charge in [0, 0.05) is 12.1 Å². The Hall–Kier alpha value is -3.54. The zero-order chi connectivity index (χ0) is 20.6. The Labute approximate surface area is 157 Å². The molecule has 3 rings (SSSR count). The summed E-state index contributed by atoms with van der Waals surface area (Å²) in [6.45, 7) is 5.35. The first-order valence-electron chi connectivity index (χ1n) is 8.06. The van der Waals surface area contributed by atoms with Crippen molar-refractivity contribution in [1.82, 2.24) is 0 Å². The minimum absolute atomic E-state index is 0.0182. The second kappa shape index (κ2) is 9.82. The predicted molar refractivity (Wildman–Crippen MR) is 104 cm³/mol. The molecule has 0 unspecified atom stereocenters. The second-order valence-electron chi connectivity index (χ2n) is 5.91. The van der Waals surface area contributed by atoms with Crippen molar-refractivity contribution in [3.8, 4) is 34.5 Å². The zero-order valence-corrected chi connectivity index (χ0v) is 15.4. The lowest BCUT2D eigenvalue weighted by atomic mass is 10.2. The highest BCUT2D eigenvalue weighted by molar-refractivity contribution is 5.48. The van der Waals surface area contributed by atoms with E-state index in [2.05, 4.69) is 19.1 Å². The van der Waals surface area contributed by atoms with Crippen molar-refractivity contribution in [1.29, 1.82) is 0 Å². The van der Waals surface area contributed by atoms with Crippen LogP contribution in [0, 0.1) is 20.8 Å². The van der Waals surface area contributed by atoms with E-state index >= 15 is 0 Å². The fourth-order valence-corrected chi connectivity index (χ4v) is 1.87. The molecule has 144 valence electrons. The van der Waals surface area contributed by atoms with Crippen LogP contribution >= 0.6 is 0 Å². The molecule has 0 saturated carbocycles. The fourth-order valence-electron chi connectivity index (χ4n) is 1.87. The maximum Gasteiger partial charge on any atom is 0.161 e. The van der Waals surface area contributed by atoms with Crippen molar-refractivity contribution >= 4 is 0 Å². The quantitative estimate of drug-likeness (QED) is 0.260. The van der Waals surface area contributed by atoms with E-state index in [9.17, 15) is 0 Å². The van der Waals surface area contributed by atoms with Crippen LogP contribution in [0.4, 0.5) is 0 Å². The van der Waals surface area contributed by atoms with Crippen LogP contribution in [0.15, 0.2) is 54.6 Å². The second-order valence-corrected chi connectivity index (χ2v) is 5.91. The molecule has 0 spiro atoms. The molecule has 0 amide bonds. The molecule has 0 bridgehead atoms. The summed E-state index contributed by atoms with van der Waals surface area (Å²) >= 11 is 0. The van der Waals surface area contributed by atoms with Crippen LogP contribution in [-0.4, -0.2) is 30.6 Å². The van der Waals surface area contributed by atoms with Gasteiger partial charge in [0.25, 0.3) is 0 Å². The molecule has 6 N–H and O–H groups in total. The number of phenolic OH excluding ortho intramolecular Hbond substituents is 6. The Kier molecular flexibility index (Phi) is 7.82. The van der Waals surface area contributed by atoms with Crippen LogP contribution in [0.25, 0.3) is 0 Å². The molecule has 6 heteroatoms. The molecule has 0 radical (unpaired) electrons. The number of hydrogen-bond acceptors (Lipinski definition) is 6. The minimum Gasteiger partial charge on any atom is -0.508 e. The van der Waals surface area contributed by atoms with Gasteiger partial charge in [0.2, 0.25) is 0 Å². The summed E-state index contributed by atoms with van der Waals surface area (Å²) < 4.78 is 0. The van der Waals surface area contributed by atoms with E-state index in [1.54, 1.807) is 13.8 Å². The summed E-state index contributed by atoms with van der Waals surface area (Å²) in [6.07, 6.45) is 0. The van der Waals surface area contributed by atoms with E-state index in [0.717, 1.165) is 12.1 Å². The van der Waals surface area contributed by atoms with Crippen LogP contribution in [0.1, 0.15) is 16.7 Å². The summed E-state index contributed by atoms with van der Waals surface area (Å²) in [4.78, 5) is 0. The highest BCUT2D eigenvalue weighted by Gasteiger charge is 2.03. The van der Waals surface area contributed by atoms with E-state index in [1.807, 2.05) is 18.2 Å². The first kappa shape index (κ1) is 21.5. The van der Waals surface area contributed by atoms with Crippen molar-refractivity contribution in [2.75, 3.05) is 0 Å². The van der Waals surface area contributed by atoms with Gasteiger partial charge in [0.1, 0.15) is 11.5 Å². The number of aryl methyl sites for hydroxylation is 3. The lowest BCUT2D eigenvalue weighted by molar-refractivity contribution is 0.395. The van der Waals surface area contributed by atoms with E-state index in [-0.39, 0.29) is 34.5 Å². The summed E-state index contributed by atoms with van der Waals surface area (Å²) in [5, 5.41) is 53.3. The average molecular weight is 372 g/mol. The molecule has 0 fully saturated rings. The lowest BCUT2D eigenvalue weighted by Crippen LogP contribution is -1.74. The monoisotopic (exact) mass is 372 g/mol. The first-order chi connectivity index (χ1) is 12.6. The van der Waals surface area contributed by atoms with E-state index in [1.165, 1.54) is 17.7 Å². The molecule has 0 aromatic heterocycles. The van der Waals surface area contributed by atoms with Crippen molar-refractivity contribution in [3.63, 3.8) is 0 Å². The van der Waals surface area contributed by atoms with Crippen molar-refractivity contribution in [2.24, 2.45) is 0 Å². The van der Waals surface area contributed by atoms with Crippen LogP contribution in [-0.2, 0) is 0 Å². The SMILES string of the molecule is Cc1cc(O)c(O)cc1O.Cc1cc(O)c(O)cc1O.Cc1ccccc1. The fraction of sp³-hybridized carbons (Fsp3) is 0.143. The molecule has 0 aliphatic rings. The van der Waals surface area contributed by atoms with Gasteiger partial charge in [-0.25, -0.2) is 0 Å². The van der Waals surface area contributed by atoms with Crippen molar-refractivity contribution < 1.29 is 30.6 Å². The molecule has 0 saturated heterocycles. The van der Waals surface area contributed by atoms with Gasteiger partial charge in [-0.2, -0.15) is 0 Å². The Morgan fingerprint density at radius 2 is 0.778 bits per heavy atom. The first-order valence-corrected chi connectivity index (χ1v) is 8.06. The normalized spacial score (nSPS) is 9.44. The topological polar surface area (TPSA) is 121 Å². The predicted octanol–water partition coefficient (Wildman–Crippen LogP) is 4.22. The third-order valence-corrected chi connectivity index (χ3v) is 3.53. The van der Waals surface area contributed by atoms with Gasteiger partial charge in [-0.1, -0.05) is 35.9 Å². The number of phenols is 6. The molecule has 0 atom stereocenters. The molecular formula is C21H24O6. The summed E-state index contributed by atoms with van der Waals surface area (Å²) in [7, 11) is 0. The summed E-state index contributed by atoms with van der Waals surface area (Å²) in [5.41, 5.74) is 2.40. The van der Waals surface area contributed by atoms with Crippen LogP contribution < -0.4 is 0 Å². The maximum absolute atomic E-state index is 8.95. The number of rotatable bonds is 0. The van der Waals surface area contributed by atoms with Gasteiger partial charge < -0.3 is 30.6 Å². The highest BCUT2D eigenvalue weighted by atomic mass is 16.3. The van der Waals surface area contributed by atoms with E-state index in [0.29, 0.717) is 11.1 Å². The van der Waals surface area contributed by atoms with Crippen molar-refractivity contribution in [3.05, 3.63) is 71.3 Å². The standard InChI is InChI=1S/2C7H8O3.C7H8/c2*1-4-2-6(9)7(10)3-5(4)8;1-7-5-3-2-4-6-7/h2*2-3,8-10H,1H3;2-6H,1H3. The highest BCUT2D eigenvalue weighted by Crippen LogP contribution is 2.31. The summed E-state index contributed by atoms with van der Waals surface area (Å²) in [6, 6.07) is 15.1. The maximum atomic E-state index is 8.95. The van der Waals surface area contributed by atoms with Gasteiger partial charge in [0.15, 0.2) is 23.0 Å². The van der Waals surface area contributed by atoms with E-state index in [4.69, 9.17) is 30.6 Å². The molecule has 27 heavy (non-hydrogen) atoms. The Bertz CT molecular complexity index is 720. The number of aromatic hydroxyl groups is 6. The van der Waals surface area contributed by atoms with Crippen LogP contribution in [0.2, 0.25) is 0 Å². The van der Waals surface area contributed by atoms with Gasteiger partial charge in [-0.3, -0.25) is 0 Å². The third-order valence-electron chi connectivity index (χ3n) is 3.53. The zero-order valence-electron chi connectivity index (χ0n) is 15.4. The molecule has 0 aliphatic carbocycles. The third kappa shape index (κ3) is 7.07. The van der Waals surface area contributed by atoms with Gasteiger partial charge >= 0.3 is 0 Å². The Balaban J connectivity index is 0.000000206. The van der Waals surface area contributed by atoms with Gasteiger partial charge in [-0.05, 0) is 44.0 Å². The molecule has 0 heterocycles. The number of benzene rings is 3. The number of hydrogen-bond donors (Lipinski definition) is 6. The Morgan fingerprint density at radius 1 is 0.444 bits per heavy atom. The van der Waals surface area contributed by atoms with Gasteiger partial charge in [-0.15, -0.1) is 0 Å². The lowest BCUT2D eigenvalue weighted by Gasteiger charge is -2.00. The van der Waals surface area contributed by atoms with Crippen molar-refractivity contribution in [2.45, 2.75) is 20.8 Å². The Morgan fingerprint density at radius 3 is 1.04 bits per heavy atom. The largest absolute Gasteiger partial charge is 0.508 e. The molecule has 6 nitrogen and oxygen atoms in total. The molecule has 0 aliphatic heterocycles. The minimum atomic E-state index is -0.303. The molecular weight excluding hydrogens is 348 g/mol. The average Bonchev–Trinajstić information content (AvgIpc) is 2.60. The van der Waals surface area contributed by atoms with E-state index < -0.39 is 0 Å².